The Morgan fingerprint density at radius 2 is 1.35 bits per heavy atom. The summed E-state index contributed by atoms with van der Waals surface area (Å²) in [5.41, 5.74) is 0.936. The molecule has 34 heavy (non-hydrogen) atoms. The summed E-state index contributed by atoms with van der Waals surface area (Å²) in [4.78, 5) is 29.3. The molecule has 0 bridgehead atoms. The Balaban J connectivity index is 1.67. The van der Waals surface area contributed by atoms with Crippen LogP contribution in [0, 0.1) is 0 Å². The molecule has 4 atom stereocenters. The molecule has 2 aliphatic rings. The number of morpholine rings is 1. The van der Waals surface area contributed by atoms with Gasteiger partial charge in [-0.2, -0.15) is 0 Å². The monoisotopic (exact) mass is 455 g/mol. The maximum Gasteiger partial charge on any atom is 0.411 e. The van der Waals surface area contributed by atoms with Gasteiger partial charge in [-0.3, -0.25) is 4.90 Å². The van der Waals surface area contributed by atoms with Gasteiger partial charge in [-0.15, -0.1) is 0 Å². The first kappa shape index (κ1) is 22.2. The Hall–Kier alpha value is -3.60. The van der Waals surface area contributed by atoms with Gasteiger partial charge in [-0.1, -0.05) is 91.0 Å². The van der Waals surface area contributed by atoms with E-state index in [-0.39, 0.29) is 11.9 Å². The van der Waals surface area contributed by atoms with Crippen LogP contribution in [0.1, 0.15) is 61.9 Å². The lowest BCUT2D eigenvalue weighted by molar-refractivity contribution is -0.178. The number of benzene rings is 3. The quantitative estimate of drug-likeness (QED) is 0.442. The summed E-state index contributed by atoms with van der Waals surface area (Å²) in [6.07, 6.45) is -0.649. The van der Waals surface area contributed by atoms with Crippen molar-refractivity contribution in [3.8, 4) is 0 Å². The molecule has 1 spiro atoms. The van der Waals surface area contributed by atoms with E-state index in [4.69, 9.17) is 9.47 Å². The van der Waals surface area contributed by atoms with Crippen LogP contribution in [-0.2, 0) is 14.3 Å². The van der Waals surface area contributed by atoms with Gasteiger partial charge in [0.2, 0.25) is 0 Å². The van der Waals surface area contributed by atoms with E-state index in [1.807, 2.05) is 112 Å². The summed E-state index contributed by atoms with van der Waals surface area (Å²) in [6.45, 7) is 5.52. The fraction of sp³-hybridized carbons (Fsp3) is 0.310. The van der Waals surface area contributed by atoms with E-state index in [0.717, 1.165) is 16.7 Å². The van der Waals surface area contributed by atoms with Crippen LogP contribution < -0.4 is 0 Å². The van der Waals surface area contributed by atoms with Gasteiger partial charge in [0.1, 0.15) is 11.6 Å². The third kappa shape index (κ3) is 3.85. The molecule has 0 aromatic heterocycles. The molecule has 5 rings (SSSR count). The largest absolute Gasteiger partial charge is 0.453 e. The Bertz CT molecular complexity index is 1170. The van der Waals surface area contributed by atoms with Crippen LogP contribution in [0.4, 0.5) is 4.79 Å². The number of ether oxygens (including phenoxy) is 2. The zero-order chi connectivity index (χ0) is 23.9. The van der Waals surface area contributed by atoms with E-state index in [1.165, 1.54) is 0 Å². The molecule has 5 heteroatoms. The molecule has 3 aromatic carbocycles. The van der Waals surface area contributed by atoms with Gasteiger partial charge in [-0.25, -0.2) is 9.59 Å². The number of cyclic esters (lactones) is 1. The van der Waals surface area contributed by atoms with E-state index in [1.54, 1.807) is 4.90 Å². The lowest BCUT2D eigenvalue weighted by atomic mass is 9.89. The molecule has 1 heterocycles. The maximum atomic E-state index is 13.8. The summed E-state index contributed by atoms with van der Waals surface area (Å²) in [7, 11) is 0. The number of carbonyl (C=O) groups is 2. The van der Waals surface area contributed by atoms with Gasteiger partial charge in [0.25, 0.3) is 0 Å². The van der Waals surface area contributed by atoms with Gasteiger partial charge in [0.15, 0.2) is 11.6 Å². The first-order valence-corrected chi connectivity index (χ1v) is 11.7. The minimum atomic E-state index is -1.10. The van der Waals surface area contributed by atoms with Crippen molar-refractivity contribution in [1.29, 1.82) is 0 Å². The minimum Gasteiger partial charge on any atom is -0.453 e. The van der Waals surface area contributed by atoms with E-state index < -0.39 is 29.4 Å². The molecule has 1 aliphatic carbocycles. The molecule has 2 fully saturated rings. The summed E-state index contributed by atoms with van der Waals surface area (Å²) in [5, 5.41) is 0. The second kappa shape index (κ2) is 8.32. The van der Waals surface area contributed by atoms with Crippen LogP contribution in [-0.4, -0.2) is 28.1 Å². The predicted octanol–water partition coefficient (Wildman–Crippen LogP) is 6.19. The number of hydrogen-bond donors (Lipinski definition) is 0. The number of nitrogens with zero attached hydrogens (tertiary/aromatic N) is 1. The summed E-state index contributed by atoms with van der Waals surface area (Å²) in [5.74, 6) is -0.537. The van der Waals surface area contributed by atoms with E-state index in [2.05, 4.69) is 0 Å². The molecule has 1 saturated carbocycles. The van der Waals surface area contributed by atoms with Crippen LogP contribution >= 0.6 is 0 Å². The van der Waals surface area contributed by atoms with Crippen LogP contribution in [0.25, 0.3) is 0 Å². The topological polar surface area (TPSA) is 55.8 Å². The van der Waals surface area contributed by atoms with Gasteiger partial charge in [0, 0.05) is 5.92 Å². The van der Waals surface area contributed by atoms with Gasteiger partial charge < -0.3 is 9.47 Å². The molecule has 1 aliphatic heterocycles. The SMILES string of the molecule is CC(C)(C)OC(=O)N1[C@@H](c2ccccc2)[C@@H](c2ccccc2)OC(=O)[C@@]12C[C@@H]2c1ccccc1. The molecule has 174 valence electrons. The normalized spacial score (nSPS) is 26.1. The highest BCUT2D eigenvalue weighted by Gasteiger charge is 2.72. The van der Waals surface area contributed by atoms with Crippen LogP contribution in [0.5, 0.6) is 0 Å². The predicted molar refractivity (Wildman–Crippen MR) is 129 cm³/mol. The lowest BCUT2D eigenvalue weighted by Crippen LogP contribution is -2.58. The fourth-order valence-corrected chi connectivity index (χ4v) is 5.04. The van der Waals surface area contributed by atoms with Crippen molar-refractivity contribution in [2.75, 3.05) is 0 Å². The average molecular weight is 456 g/mol. The molecule has 5 nitrogen and oxygen atoms in total. The first-order valence-electron chi connectivity index (χ1n) is 11.7. The standard InChI is InChI=1S/C29H29NO4/c1-28(2,3)34-27(32)30-24(21-15-9-5-10-16-21)25(22-17-11-6-12-18-22)33-26(31)29(30)19-23(29)20-13-7-4-8-14-20/h4-18,23-25H,19H2,1-3H3/t23-,24+,25-,29+/m1/s1. The van der Waals surface area contributed by atoms with Crippen molar-refractivity contribution >= 4 is 12.1 Å². The Labute approximate surface area is 200 Å². The molecule has 0 N–H and O–H groups in total. The van der Waals surface area contributed by atoms with Crippen molar-refractivity contribution in [3.63, 3.8) is 0 Å². The van der Waals surface area contributed by atoms with E-state index in [0.29, 0.717) is 6.42 Å². The minimum absolute atomic E-state index is 0.156. The number of rotatable bonds is 3. The fourth-order valence-electron chi connectivity index (χ4n) is 5.04. The summed E-state index contributed by atoms with van der Waals surface area (Å²) >= 11 is 0. The Morgan fingerprint density at radius 3 is 1.88 bits per heavy atom. The summed E-state index contributed by atoms with van der Waals surface area (Å²) < 4.78 is 12.1. The highest BCUT2D eigenvalue weighted by atomic mass is 16.6. The van der Waals surface area contributed by atoms with Gasteiger partial charge in [0.05, 0.1) is 0 Å². The molecule has 0 unspecified atom stereocenters. The third-order valence-corrected chi connectivity index (χ3v) is 6.58. The van der Waals surface area contributed by atoms with Crippen molar-refractivity contribution < 1.29 is 19.1 Å². The molecule has 1 amide bonds. The molecule has 1 saturated heterocycles. The number of amides is 1. The van der Waals surface area contributed by atoms with Crippen molar-refractivity contribution in [1.82, 2.24) is 4.90 Å². The zero-order valence-corrected chi connectivity index (χ0v) is 19.7. The van der Waals surface area contributed by atoms with Gasteiger partial charge in [-0.05, 0) is 43.9 Å². The van der Waals surface area contributed by atoms with E-state index >= 15 is 0 Å². The highest BCUT2D eigenvalue weighted by Crippen LogP contribution is 2.63. The van der Waals surface area contributed by atoms with Gasteiger partial charge >= 0.3 is 12.1 Å². The maximum absolute atomic E-state index is 13.8. The highest BCUT2D eigenvalue weighted by molar-refractivity contribution is 5.93. The average Bonchev–Trinajstić information content (AvgIpc) is 3.57. The smallest absolute Gasteiger partial charge is 0.411 e. The Morgan fingerprint density at radius 1 is 0.853 bits per heavy atom. The zero-order valence-electron chi connectivity index (χ0n) is 19.7. The summed E-state index contributed by atoms with van der Waals surface area (Å²) in [6, 6.07) is 28.7. The lowest BCUT2D eigenvalue weighted by Gasteiger charge is -2.46. The number of carbonyl (C=O) groups excluding carboxylic acids is 2. The van der Waals surface area contributed by atoms with Crippen molar-refractivity contribution in [3.05, 3.63) is 108 Å². The molecular formula is C29H29NO4. The third-order valence-electron chi connectivity index (χ3n) is 6.58. The van der Waals surface area contributed by atoms with E-state index in [9.17, 15) is 9.59 Å². The van der Waals surface area contributed by atoms with Crippen LogP contribution in [0.15, 0.2) is 91.0 Å². The van der Waals surface area contributed by atoms with Crippen molar-refractivity contribution in [2.24, 2.45) is 0 Å². The Kier molecular flexibility index (Phi) is 5.43. The molecular weight excluding hydrogens is 426 g/mol. The molecule has 3 aromatic rings. The number of hydrogen-bond acceptors (Lipinski definition) is 4. The second-order valence-corrected chi connectivity index (χ2v) is 10.0. The van der Waals surface area contributed by atoms with Crippen molar-refractivity contribution in [2.45, 2.75) is 56.4 Å². The van der Waals surface area contributed by atoms with Crippen LogP contribution in [0.2, 0.25) is 0 Å². The second-order valence-electron chi connectivity index (χ2n) is 10.0. The first-order chi connectivity index (χ1) is 16.3. The van der Waals surface area contributed by atoms with Crippen LogP contribution in [0.3, 0.4) is 0 Å². The number of esters is 1. The molecule has 0 radical (unpaired) electrons.